The molecule has 5 heteroatoms. The molecule has 0 atom stereocenters. The van der Waals surface area contributed by atoms with Crippen molar-refractivity contribution in [3.63, 3.8) is 0 Å². The van der Waals surface area contributed by atoms with E-state index < -0.39 is 0 Å². The summed E-state index contributed by atoms with van der Waals surface area (Å²) in [4.78, 5) is 25.7. The first kappa shape index (κ1) is 34.6. The van der Waals surface area contributed by atoms with Gasteiger partial charge >= 0.3 is 0 Å². The summed E-state index contributed by atoms with van der Waals surface area (Å²) in [6.45, 7) is 4.61. The lowest BCUT2D eigenvalue weighted by Gasteiger charge is -2.22. The molecule has 10 aromatic rings. The molecule has 0 aliphatic heterocycles. The van der Waals surface area contributed by atoms with Crippen LogP contribution in [0.2, 0.25) is 0 Å². The number of hydrogen-bond acceptors (Lipinski definition) is 5. The molecule has 0 saturated carbocycles. The zero-order valence-corrected chi connectivity index (χ0v) is 32.6. The summed E-state index contributed by atoms with van der Waals surface area (Å²) in [7, 11) is 0. The van der Waals surface area contributed by atoms with Crippen molar-refractivity contribution in [1.82, 2.24) is 24.9 Å². The molecule has 0 amide bonds. The van der Waals surface area contributed by atoms with Gasteiger partial charge in [0.05, 0.1) is 22.4 Å². The third-order valence-corrected chi connectivity index (χ3v) is 11.8. The summed E-state index contributed by atoms with van der Waals surface area (Å²) in [5.74, 6) is 1.39. The second-order valence-electron chi connectivity index (χ2n) is 15.7. The van der Waals surface area contributed by atoms with E-state index in [9.17, 15) is 0 Å². The molecule has 0 fully saturated rings. The molecule has 0 radical (unpaired) electrons. The van der Waals surface area contributed by atoms with Crippen LogP contribution in [0.1, 0.15) is 25.0 Å². The maximum Gasteiger partial charge on any atom is 0.160 e. The molecule has 0 N–H and O–H groups in total. The third kappa shape index (κ3) is 5.81. The zero-order valence-electron chi connectivity index (χ0n) is 32.6. The number of fused-ring (bicyclic) bond motifs is 6. The zero-order chi connectivity index (χ0) is 39.5. The Kier molecular flexibility index (Phi) is 8.09. The van der Waals surface area contributed by atoms with Gasteiger partial charge in [0.2, 0.25) is 0 Å². The van der Waals surface area contributed by atoms with E-state index in [2.05, 4.69) is 172 Å². The molecule has 1 aliphatic rings. The number of nitrogens with zero attached hydrogens (tertiary/aromatic N) is 5. The fraction of sp³-hybridized carbons (Fsp3) is 0.0556. The standard InChI is InChI=1S/C54H37N5/c1-54(2)44-30-38(52-56-33-43-42-24-15-29-55-50(42)48(36-20-11-5-12-21-36)49(51(43)59-52)37-22-13-6-14-23-37)25-27-40(44)41-28-26-39(31-45(41)54)53-57-46(34-16-7-3-8-17-34)32-47(58-53)35-18-9-4-10-19-35/h3-33H,1-2H3. The van der Waals surface area contributed by atoms with Gasteiger partial charge in [0, 0.05) is 62.0 Å². The van der Waals surface area contributed by atoms with Crippen molar-refractivity contribution in [2.75, 3.05) is 0 Å². The second kappa shape index (κ2) is 13.8. The Labute approximate surface area is 342 Å². The van der Waals surface area contributed by atoms with Crippen molar-refractivity contribution in [1.29, 1.82) is 0 Å². The van der Waals surface area contributed by atoms with Gasteiger partial charge in [0.15, 0.2) is 11.6 Å². The highest BCUT2D eigenvalue weighted by Gasteiger charge is 2.36. The van der Waals surface area contributed by atoms with E-state index >= 15 is 0 Å². The summed E-state index contributed by atoms with van der Waals surface area (Å²) >= 11 is 0. The minimum absolute atomic E-state index is 0.301. The van der Waals surface area contributed by atoms with Gasteiger partial charge in [-0.3, -0.25) is 4.98 Å². The van der Waals surface area contributed by atoms with E-state index in [1.807, 2.05) is 30.6 Å². The highest BCUT2D eigenvalue weighted by Crippen LogP contribution is 2.51. The van der Waals surface area contributed by atoms with Crippen LogP contribution in [0.15, 0.2) is 188 Å². The summed E-state index contributed by atoms with van der Waals surface area (Å²) in [6.07, 6.45) is 3.85. The average Bonchev–Trinajstić information content (AvgIpc) is 3.53. The van der Waals surface area contributed by atoms with Gasteiger partial charge in [-0.05, 0) is 57.6 Å². The number of rotatable bonds is 6. The molecule has 5 nitrogen and oxygen atoms in total. The van der Waals surface area contributed by atoms with Crippen molar-refractivity contribution in [2.24, 2.45) is 0 Å². The van der Waals surface area contributed by atoms with E-state index in [0.29, 0.717) is 11.6 Å². The summed E-state index contributed by atoms with van der Waals surface area (Å²) in [6, 6.07) is 61.3. The quantitative estimate of drug-likeness (QED) is 0.158. The molecule has 0 bridgehead atoms. The topological polar surface area (TPSA) is 64.5 Å². The monoisotopic (exact) mass is 755 g/mol. The fourth-order valence-electron chi connectivity index (χ4n) is 8.84. The van der Waals surface area contributed by atoms with Crippen molar-refractivity contribution in [2.45, 2.75) is 19.3 Å². The molecule has 3 aromatic heterocycles. The first-order valence-corrected chi connectivity index (χ1v) is 20.0. The maximum atomic E-state index is 5.45. The summed E-state index contributed by atoms with van der Waals surface area (Å²) in [5, 5.41) is 2.01. The van der Waals surface area contributed by atoms with Crippen LogP contribution in [0.4, 0.5) is 0 Å². The smallest absolute Gasteiger partial charge is 0.160 e. The number of aromatic nitrogens is 5. The van der Waals surface area contributed by atoms with E-state index in [1.165, 1.54) is 22.3 Å². The largest absolute Gasteiger partial charge is 0.256 e. The molecular weight excluding hydrogens is 719 g/mol. The van der Waals surface area contributed by atoms with Gasteiger partial charge in [0.25, 0.3) is 0 Å². The first-order chi connectivity index (χ1) is 29.0. The van der Waals surface area contributed by atoms with Gasteiger partial charge in [-0.1, -0.05) is 166 Å². The summed E-state index contributed by atoms with van der Waals surface area (Å²) in [5.41, 5.74) is 16.7. The number of pyridine rings is 1. The molecule has 3 heterocycles. The molecule has 7 aromatic carbocycles. The Balaban J connectivity index is 1.04. The van der Waals surface area contributed by atoms with Crippen LogP contribution in [0.5, 0.6) is 0 Å². The Morgan fingerprint density at radius 3 is 1.41 bits per heavy atom. The molecule has 0 saturated heterocycles. The molecule has 1 aliphatic carbocycles. The van der Waals surface area contributed by atoms with E-state index in [-0.39, 0.29) is 5.41 Å². The van der Waals surface area contributed by atoms with Crippen LogP contribution < -0.4 is 0 Å². The van der Waals surface area contributed by atoms with Crippen LogP contribution in [0.3, 0.4) is 0 Å². The number of hydrogen-bond donors (Lipinski definition) is 0. The van der Waals surface area contributed by atoms with E-state index in [4.69, 9.17) is 24.9 Å². The van der Waals surface area contributed by atoms with Crippen LogP contribution in [0, 0.1) is 0 Å². The lowest BCUT2D eigenvalue weighted by Crippen LogP contribution is -2.15. The predicted molar refractivity (Wildman–Crippen MR) is 241 cm³/mol. The molecule has 59 heavy (non-hydrogen) atoms. The van der Waals surface area contributed by atoms with Gasteiger partial charge in [-0.25, -0.2) is 19.9 Å². The number of benzene rings is 7. The van der Waals surface area contributed by atoms with Gasteiger partial charge in [-0.15, -0.1) is 0 Å². The first-order valence-electron chi connectivity index (χ1n) is 20.0. The SMILES string of the molecule is CC1(C)c2cc(-c3nc(-c4ccccc4)cc(-c4ccccc4)n3)ccc2-c2ccc(-c3ncc4c(n3)c(-c3ccccc3)c(-c3ccccc3)c3ncccc34)cc21. The van der Waals surface area contributed by atoms with E-state index in [1.54, 1.807) is 0 Å². The minimum Gasteiger partial charge on any atom is -0.256 e. The lowest BCUT2D eigenvalue weighted by molar-refractivity contribution is 0.660. The molecule has 11 rings (SSSR count). The van der Waals surface area contributed by atoms with Crippen LogP contribution in [-0.2, 0) is 5.41 Å². The van der Waals surface area contributed by atoms with E-state index in [0.717, 1.165) is 77.7 Å². The highest BCUT2D eigenvalue weighted by atomic mass is 14.9. The Bertz CT molecular complexity index is 3160. The van der Waals surface area contributed by atoms with Crippen molar-refractivity contribution >= 4 is 21.8 Å². The Hall–Kier alpha value is -7.63. The molecular formula is C54H37N5. The molecule has 0 spiro atoms. The predicted octanol–water partition coefficient (Wildman–Crippen LogP) is 13.3. The van der Waals surface area contributed by atoms with Crippen LogP contribution in [-0.4, -0.2) is 24.9 Å². The minimum atomic E-state index is -0.301. The Morgan fingerprint density at radius 2 is 0.864 bits per heavy atom. The van der Waals surface area contributed by atoms with Crippen LogP contribution >= 0.6 is 0 Å². The molecule has 278 valence electrons. The second-order valence-corrected chi connectivity index (χ2v) is 15.7. The lowest BCUT2D eigenvalue weighted by atomic mass is 9.81. The van der Waals surface area contributed by atoms with Crippen molar-refractivity contribution in [3.8, 4) is 78.7 Å². The van der Waals surface area contributed by atoms with Crippen molar-refractivity contribution < 1.29 is 0 Å². The van der Waals surface area contributed by atoms with Crippen molar-refractivity contribution in [3.05, 3.63) is 199 Å². The van der Waals surface area contributed by atoms with Gasteiger partial charge in [0.1, 0.15) is 0 Å². The average molecular weight is 756 g/mol. The van der Waals surface area contributed by atoms with Gasteiger partial charge < -0.3 is 0 Å². The van der Waals surface area contributed by atoms with Gasteiger partial charge in [-0.2, -0.15) is 0 Å². The summed E-state index contributed by atoms with van der Waals surface area (Å²) < 4.78 is 0. The molecule has 0 unspecified atom stereocenters. The van der Waals surface area contributed by atoms with Crippen LogP contribution in [0.25, 0.3) is 100 Å². The third-order valence-electron chi connectivity index (χ3n) is 11.8. The maximum absolute atomic E-state index is 5.45. The fourth-order valence-corrected chi connectivity index (χ4v) is 8.84. The highest BCUT2D eigenvalue weighted by molar-refractivity contribution is 6.19. The Morgan fingerprint density at radius 1 is 0.373 bits per heavy atom. The normalized spacial score (nSPS) is 12.7.